The lowest BCUT2D eigenvalue weighted by molar-refractivity contribution is 0.0742. The summed E-state index contributed by atoms with van der Waals surface area (Å²) in [6, 6.07) is 10.6. The minimum Gasteiger partial charge on any atom is -0.508 e. The van der Waals surface area contributed by atoms with Gasteiger partial charge < -0.3 is 25.5 Å². The lowest BCUT2D eigenvalue weighted by Crippen LogP contribution is -2.40. The zero-order chi connectivity index (χ0) is 19.7. The van der Waals surface area contributed by atoms with Gasteiger partial charge in [-0.25, -0.2) is 4.79 Å². The second-order valence-corrected chi connectivity index (χ2v) is 7.34. The maximum atomic E-state index is 12.7. The number of hydrogen-bond donors (Lipinski definition) is 5. The number of Topliss-reactive ketones (excluding diaryl/α,β-unsaturated/α-hetero) is 1. The SMILES string of the molecule is O=C(c1cccc2[nH]c(=O)[nH]c12)C(O)CNC1CCCc2cc(O)ccc2C1. The van der Waals surface area contributed by atoms with E-state index in [1.807, 2.05) is 12.1 Å². The van der Waals surface area contributed by atoms with E-state index in [1.54, 1.807) is 24.3 Å². The van der Waals surface area contributed by atoms with Crippen molar-refractivity contribution in [3.8, 4) is 5.75 Å². The number of carbonyl (C=O) groups is 1. The number of fused-ring (bicyclic) bond motifs is 2. The van der Waals surface area contributed by atoms with Gasteiger partial charge in [-0.15, -0.1) is 0 Å². The lowest BCUT2D eigenvalue weighted by atomic mass is 10.0. The van der Waals surface area contributed by atoms with Gasteiger partial charge in [0.15, 0.2) is 5.78 Å². The molecule has 2 aromatic carbocycles. The number of phenolic OH excluding ortho intramolecular Hbond substituents is 1. The summed E-state index contributed by atoms with van der Waals surface area (Å²) >= 11 is 0. The average Bonchev–Trinajstić information content (AvgIpc) is 2.94. The summed E-state index contributed by atoms with van der Waals surface area (Å²) in [6.07, 6.45) is 2.40. The van der Waals surface area contributed by atoms with Crippen LogP contribution in [0.1, 0.15) is 34.3 Å². The Morgan fingerprint density at radius 3 is 2.93 bits per heavy atom. The minimum absolute atomic E-state index is 0.141. The highest BCUT2D eigenvalue weighted by Crippen LogP contribution is 2.24. The Morgan fingerprint density at radius 1 is 1.21 bits per heavy atom. The molecular formula is C21H23N3O4. The van der Waals surface area contributed by atoms with E-state index in [0.717, 1.165) is 31.2 Å². The van der Waals surface area contributed by atoms with Gasteiger partial charge in [-0.1, -0.05) is 12.1 Å². The summed E-state index contributed by atoms with van der Waals surface area (Å²) in [6.45, 7) is 0.141. The van der Waals surface area contributed by atoms with Gasteiger partial charge in [0.25, 0.3) is 0 Å². The first kappa shape index (κ1) is 18.5. The van der Waals surface area contributed by atoms with Gasteiger partial charge in [0, 0.05) is 18.2 Å². The van der Waals surface area contributed by atoms with Gasteiger partial charge in [0.2, 0.25) is 0 Å². The van der Waals surface area contributed by atoms with E-state index in [9.17, 15) is 19.8 Å². The van der Waals surface area contributed by atoms with Crippen LogP contribution in [0.2, 0.25) is 0 Å². The molecule has 5 N–H and O–H groups in total. The van der Waals surface area contributed by atoms with Crippen LogP contribution in [0.4, 0.5) is 0 Å². The summed E-state index contributed by atoms with van der Waals surface area (Å²) in [5.41, 5.74) is 3.21. The fourth-order valence-corrected chi connectivity index (χ4v) is 3.94. The van der Waals surface area contributed by atoms with Crippen LogP contribution in [-0.4, -0.2) is 44.7 Å². The fraction of sp³-hybridized carbons (Fsp3) is 0.333. The number of hydrogen-bond acceptors (Lipinski definition) is 5. The topological polar surface area (TPSA) is 118 Å². The number of aliphatic hydroxyl groups excluding tert-OH is 1. The van der Waals surface area contributed by atoms with Crippen LogP contribution < -0.4 is 11.0 Å². The Kier molecular flexibility index (Phi) is 5.02. The van der Waals surface area contributed by atoms with Gasteiger partial charge in [-0.3, -0.25) is 4.79 Å². The molecule has 28 heavy (non-hydrogen) atoms. The number of imidazole rings is 1. The number of nitrogens with one attached hydrogen (secondary N) is 3. The molecule has 7 nitrogen and oxygen atoms in total. The molecule has 0 saturated carbocycles. The summed E-state index contributed by atoms with van der Waals surface area (Å²) in [7, 11) is 0. The Morgan fingerprint density at radius 2 is 2.07 bits per heavy atom. The first-order valence-electron chi connectivity index (χ1n) is 9.48. The second kappa shape index (κ2) is 7.61. The van der Waals surface area contributed by atoms with Crippen LogP contribution in [0.5, 0.6) is 5.75 Å². The number of H-pyrrole nitrogens is 2. The van der Waals surface area contributed by atoms with E-state index in [1.165, 1.54) is 5.56 Å². The van der Waals surface area contributed by atoms with Crippen molar-refractivity contribution >= 4 is 16.8 Å². The number of ketones is 1. The van der Waals surface area contributed by atoms with Crippen molar-refractivity contribution in [3.63, 3.8) is 0 Å². The Balaban J connectivity index is 1.43. The van der Waals surface area contributed by atoms with Crippen LogP contribution in [0, 0.1) is 0 Å². The van der Waals surface area contributed by atoms with Crippen LogP contribution >= 0.6 is 0 Å². The van der Waals surface area contributed by atoms with Crippen molar-refractivity contribution in [2.45, 2.75) is 37.8 Å². The highest BCUT2D eigenvalue weighted by molar-refractivity contribution is 6.08. The molecule has 1 aliphatic carbocycles. The third-order valence-corrected chi connectivity index (χ3v) is 5.37. The predicted octanol–water partition coefficient (Wildman–Crippen LogP) is 1.64. The van der Waals surface area contributed by atoms with Crippen LogP contribution in [0.15, 0.2) is 41.2 Å². The molecule has 0 aliphatic heterocycles. The molecule has 0 saturated heterocycles. The normalized spacial score (nSPS) is 17.8. The minimum atomic E-state index is -1.20. The molecule has 7 heteroatoms. The fourth-order valence-electron chi connectivity index (χ4n) is 3.94. The zero-order valence-electron chi connectivity index (χ0n) is 15.4. The molecule has 0 bridgehead atoms. The Labute approximate surface area is 161 Å². The van der Waals surface area contributed by atoms with Gasteiger partial charge in [-0.05, 0) is 61.1 Å². The van der Waals surface area contributed by atoms with Crippen molar-refractivity contribution < 1.29 is 15.0 Å². The number of para-hydroxylation sites is 1. The summed E-state index contributed by atoms with van der Waals surface area (Å²) in [5, 5.41) is 23.4. The number of aliphatic hydroxyl groups is 1. The number of aromatic hydroxyl groups is 1. The number of phenols is 1. The number of aromatic nitrogens is 2. The monoisotopic (exact) mass is 381 g/mol. The van der Waals surface area contributed by atoms with E-state index in [-0.39, 0.29) is 24.0 Å². The molecule has 0 amide bonds. The second-order valence-electron chi connectivity index (χ2n) is 7.34. The highest BCUT2D eigenvalue weighted by Gasteiger charge is 2.23. The quantitative estimate of drug-likeness (QED) is 0.340. The Hall–Kier alpha value is -2.90. The smallest absolute Gasteiger partial charge is 0.323 e. The maximum Gasteiger partial charge on any atom is 0.323 e. The number of benzene rings is 2. The largest absolute Gasteiger partial charge is 0.508 e. The third kappa shape index (κ3) is 3.72. The van der Waals surface area contributed by atoms with Gasteiger partial charge >= 0.3 is 5.69 Å². The summed E-state index contributed by atoms with van der Waals surface area (Å²) < 4.78 is 0. The van der Waals surface area contributed by atoms with Gasteiger partial charge in [-0.2, -0.15) is 0 Å². The molecular weight excluding hydrogens is 358 g/mol. The zero-order valence-corrected chi connectivity index (χ0v) is 15.4. The van der Waals surface area contributed by atoms with Gasteiger partial charge in [0.1, 0.15) is 11.9 Å². The molecule has 2 atom stereocenters. The summed E-state index contributed by atoms with van der Waals surface area (Å²) in [5.74, 6) is -0.143. The number of carbonyl (C=O) groups excluding carboxylic acids is 1. The highest BCUT2D eigenvalue weighted by atomic mass is 16.3. The molecule has 0 radical (unpaired) electrons. The van der Waals surface area contributed by atoms with Crippen LogP contribution in [-0.2, 0) is 12.8 Å². The molecule has 1 heterocycles. The number of rotatable bonds is 5. The molecule has 0 fully saturated rings. The predicted molar refractivity (Wildman–Crippen MR) is 106 cm³/mol. The molecule has 1 aromatic heterocycles. The summed E-state index contributed by atoms with van der Waals surface area (Å²) in [4.78, 5) is 29.4. The maximum absolute atomic E-state index is 12.7. The molecule has 2 unspecified atom stereocenters. The van der Waals surface area contributed by atoms with E-state index in [2.05, 4.69) is 15.3 Å². The van der Waals surface area contributed by atoms with E-state index < -0.39 is 11.9 Å². The van der Waals surface area contributed by atoms with Crippen molar-refractivity contribution in [1.29, 1.82) is 0 Å². The molecule has 3 aromatic rings. The van der Waals surface area contributed by atoms with Crippen molar-refractivity contribution in [1.82, 2.24) is 15.3 Å². The van der Waals surface area contributed by atoms with Crippen molar-refractivity contribution in [3.05, 3.63) is 63.6 Å². The van der Waals surface area contributed by atoms with E-state index in [0.29, 0.717) is 16.6 Å². The Bertz CT molecular complexity index is 1070. The van der Waals surface area contributed by atoms with Crippen LogP contribution in [0.25, 0.3) is 11.0 Å². The van der Waals surface area contributed by atoms with E-state index in [4.69, 9.17) is 0 Å². The molecule has 0 spiro atoms. The number of aromatic amines is 2. The van der Waals surface area contributed by atoms with Gasteiger partial charge in [0.05, 0.1) is 11.0 Å². The molecule has 4 rings (SSSR count). The van der Waals surface area contributed by atoms with Crippen molar-refractivity contribution in [2.75, 3.05) is 6.54 Å². The average molecular weight is 381 g/mol. The molecule has 1 aliphatic rings. The first-order valence-corrected chi connectivity index (χ1v) is 9.48. The number of aryl methyl sites for hydroxylation is 1. The van der Waals surface area contributed by atoms with E-state index >= 15 is 0 Å². The lowest BCUT2D eigenvalue weighted by Gasteiger charge is -2.19. The molecule has 146 valence electrons. The third-order valence-electron chi connectivity index (χ3n) is 5.37. The van der Waals surface area contributed by atoms with Crippen molar-refractivity contribution in [2.24, 2.45) is 0 Å². The standard InChI is InChI=1S/C21H23N3O4/c25-15-8-7-13-9-14(4-1-3-12(13)10-15)22-11-18(26)20(27)16-5-2-6-17-19(16)24-21(28)23-17/h2,5-8,10,14,18,22,25-26H,1,3-4,9,11H2,(H2,23,24,28). The van der Waals surface area contributed by atoms with Crippen LogP contribution in [0.3, 0.4) is 0 Å². The first-order chi connectivity index (χ1) is 13.5.